The van der Waals surface area contributed by atoms with Gasteiger partial charge in [-0.25, -0.2) is 4.79 Å². The van der Waals surface area contributed by atoms with Gasteiger partial charge in [-0.2, -0.15) is 5.10 Å². The van der Waals surface area contributed by atoms with Gasteiger partial charge in [-0.1, -0.05) is 0 Å². The number of aromatic amines is 1. The fourth-order valence-electron chi connectivity index (χ4n) is 1.81. The molecule has 5 heteroatoms. The van der Waals surface area contributed by atoms with Crippen molar-refractivity contribution >= 4 is 5.97 Å². The second kappa shape index (κ2) is 3.34. The van der Waals surface area contributed by atoms with E-state index >= 15 is 0 Å². The molecule has 0 saturated heterocycles. The third-order valence-corrected chi connectivity index (χ3v) is 2.95. The van der Waals surface area contributed by atoms with Gasteiger partial charge < -0.3 is 9.84 Å². The Balaban J connectivity index is 2.24. The van der Waals surface area contributed by atoms with Crippen molar-refractivity contribution in [2.45, 2.75) is 31.3 Å². The fraction of sp³-hybridized carbons (Fsp3) is 0.600. The molecule has 1 fully saturated rings. The Morgan fingerprint density at radius 1 is 1.73 bits per heavy atom. The Kier molecular flexibility index (Phi) is 2.26. The fourth-order valence-corrected chi connectivity index (χ4v) is 1.81. The number of H-pyrrole nitrogens is 1. The number of ether oxygens (including phenoxy) is 1. The van der Waals surface area contributed by atoms with E-state index in [-0.39, 0.29) is 0 Å². The Morgan fingerprint density at radius 3 is 2.80 bits per heavy atom. The van der Waals surface area contributed by atoms with Crippen LogP contribution in [0.25, 0.3) is 0 Å². The Hall–Kier alpha value is -1.36. The first-order valence-corrected chi connectivity index (χ1v) is 4.88. The van der Waals surface area contributed by atoms with E-state index in [9.17, 15) is 9.90 Å². The summed E-state index contributed by atoms with van der Waals surface area (Å²) in [5.74, 6) is -0.590. The highest BCUT2D eigenvalue weighted by Gasteiger charge is 2.55. The molecule has 2 N–H and O–H groups in total. The van der Waals surface area contributed by atoms with Crippen molar-refractivity contribution in [3.05, 3.63) is 17.5 Å². The largest absolute Gasteiger partial charge is 0.467 e. The molecule has 2 rings (SSSR count). The molecular weight excluding hydrogens is 196 g/mol. The number of aliphatic hydroxyl groups is 1. The maximum atomic E-state index is 11.3. The molecule has 1 saturated carbocycles. The lowest BCUT2D eigenvalue weighted by molar-refractivity contribution is -0.152. The van der Waals surface area contributed by atoms with Crippen molar-refractivity contribution in [3.63, 3.8) is 0 Å². The molecule has 1 atom stereocenters. The summed E-state index contributed by atoms with van der Waals surface area (Å²) in [5, 5.41) is 16.8. The van der Waals surface area contributed by atoms with Crippen molar-refractivity contribution in [1.82, 2.24) is 10.2 Å². The molecule has 0 aliphatic heterocycles. The summed E-state index contributed by atoms with van der Waals surface area (Å²) < 4.78 is 4.54. The summed E-state index contributed by atoms with van der Waals surface area (Å²) in [7, 11) is 1.28. The summed E-state index contributed by atoms with van der Waals surface area (Å²) >= 11 is 0. The molecule has 0 bridgehead atoms. The van der Waals surface area contributed by atoms with Gasteiger partial charge in [0.25, 0.3) is 0 Å². The number of hydrogen-bond donors (Lipinski definition) is 2. The second-order valence-corrected chi connectivity index (χ2v) is 4.02. The van der Waals surface area contributed by atoms with E-state index in [4.69, 9.17) is 0 Å². The number of methoxy groups -OCH3 is 1. The lowest BCUT2D eigenvalue weighted by Gasteiger charge is -2.17. The van der Waals surface area contributed by atoms with Gasteiger partial charge in [0.2, 0.25) is 0 Å². The minimum absolute atomic E-state index is 0.516. The Labute approximate surface area is 87.4 Å². The van der Waals surface area contributed by atoms with Crippen LogP contribution in [0.2, 0.25) is 0 Å². The zero-order chi connectivity index (χ0) is 11.1. The standard InChI is InChI=1S/C10H14N2O3/c1-6-5-7(12-11-6)10(3-4-10)8(13)9(14)15-2/h5,8,13H,3-4H2,1-2H3,(H,11,12). The number of nitrogens with one attached hydrogen (secondary N) is 1. The monoisotopic (exact) mass is 210 g/mol. The molecule has 5 nitrogen and oxygen atoms in total. The Bertz CT molecular complexity index is 382. The summed E-state index contributed by atoms with van der Waals surface area (Å²) in [5.41, 5.74) is 1.16. The van der Waals surface area contributed by atoms with Crippen LogP contribution >= 0.6 is 0 Å². The lowest BCUT2D eigenvalue weighted by Crippen LogP contribution is -2.35. The minimum Gasteiger partial charge on any atom is -0.467 e. The molecular formula is C10H14N2O3. The predicted molar refractivity (Wildman–Crippen MR) is 52.3 cm³/mol. The van der Waals surface area contributed by atoms with Crippen LogP contribution in [0.4, 0.5) is 0 Å². The lowest BCUT2D eigenvalue weighted by atomic mass is 9.95. The quantitative estimate of drug-likeness (QED) is 0.703. The average molecular weight is 210 g/mol. The molecule has 0 radical (unpaired) electrons. The zero-order valence-electron chi connectivity index (χ0n) is 8.78. The molecule has 0 spiro atoms. The number of esters is 1. The van der Waals surface area contributed by atoms with Gasteiger partial charge in [-0.15, -0.1) is 0 Å². The van der Waals surface area contributed by atoms with Crippen LogP contribution in [0.15, 0.2) is 6.07 Å². The van der Waals surface area contributed by atoms with Crippen LogP contribution in [-0.4, -0.2) is 34.5 Å². The van der Waals surface area contributed by atoms with E-state index in [0.717, 1.165) is 24.2 Å². The predicted octanol–water partition coefficient (Wildman–Crippen LogP) is 0.284. The van der Waals surface area contributed by atoms with E-state index in [1.807, 2.05) is 13.0 Å². The number of rotatable bonds is 3. The second-order valence-electron chi connectivity index (χ2n) is 4.02. The molecule has 1 unspecified atom stereocenters. The van der Waals surface area contributed by atoms with Crippen LogP contribution in [0.5, 0.6) is 0 Å². The molecule has 1 aliphatic rings. The molecule has 82 valence electrons. The average Bonchev–Trinajstić information content (AvgIpc) is 2.94. The smallest absolute Gasteiger partial charge is 0.335 e. The highest BCUT2D eigenvalue weighted by atomic mass is 16.5. The number of aryl methyl sites for hydroxylation is 1. The van der Waals surface area contributed by atoms with Crippen molar-refractivity contribution in [3.8, 4) is 0 Å². The van der Waals surface area contributed by atoms with Crippen LogP contribution < -0.4 is 0 Å². The molecule has 1 heterocycles. The van der Waals surface area contributed by atoms with Crippen molar-refractivity contribution in [1.29, 1.82) is 0 Å². The highest BCUT2D eigenvalue weighted by molar-refractivity contribution is 5.77. The normalized spacial score (nSPS) is 19.7. The molecule has 1 aromatic rings. The van der Waals surface area contributed by atoms with Crippen LogP contribution in [0.3, 0.4) is 0 Å². The first-order chi connectivity index (χ1) is 7.10. The number of aromatic nitrogens is 2. The third-order valence-electron chi connectivity index (χ3n) is 2.95. The number of hydrogen-bond acceptors (Lipinski definition) is 4. The minimum atomic E-state index is -1.11. The molecule has 1 aromatic heterocycles. The first-order valence-electron chi connectivity index (χ1n) is 4.88. The van der Waals surface area contributed by atoms with E-state index in [1.54, 1.807) is 0 Å². The van der Waals surface area contributed by atoms with E-state index in [0.29, 0.717) is 0 Å². The number of aliphatic hydroxyl groups excluding tert-OH is 1. The number of carbonyl (C=O) groups excluding carboxylic acids is 1. The summed E-state index contributed by atoms with van der Waals surface area (Å²) in [4.78, 5) is 11.3. The van der Waals surface area contributed by atoms with E-state index in [2.05, 4.69) is 14.9 Å². The SMILES string of the molecule is COC(=O)C(O)C1(c2cc(C)[nH]n2)CC1. The van der Waals surface area contributed by atoms with Crippen LogP contribution in [0, 0.1) is 6.92 Å². The highest BCUT2D eigenvalue weighted by Crippen LogP contribution is 2.50. The van der Waals surface area contributed by atoms with Gasteiger partial charge >= 0.3 is 5.97 Å². The van der Waals surface area contributed by atoms with Gasteiger partial charge in [0.05, 0.1) is 18.2 Å². The van der Waals surface area contributed by atoms with Gasteiger partial charge in [0, 0.05) is 5.69 Å². The molecule has 1 aliphatic carbocycles. The van der Waals surface area contributed by atoms with E-state index < -0.39 is 17.5 Å². The van der Waals surface area contributed by atoms with Crippen molar-refractivity contribution in [2.75, 3.05) is 7.11 Å². The van der Waals surface area contributed by atoms with E-state index in [1.165, 1.54) is 7.11 Å². The number of carbonyl (C=O) groups is 1. The van der Waals surface area contributed by atoms with Gasteiger partial charge in [-0.05, 0) is 25.8 Å². The maximum Gasteiger partial charge on any atom is 0.335 e. The van der Waals surface area contributed by atoms with Crippen molar-refractivity contribution in [2.24, 2.45) is 0 Å². The molecule has 0 aromatic carbocycles. The summed E-state index contributed by atoms with van der Waals surface area (Å²) in [6.07, 6.45) is 0.436. The van der Waals surface area contributed by atoms with Gasteiger partial charge in [-0.3, -0.25) is 5.10 Å². The third kappa shape index (κ3) is 1.52. The number of nitrogens with zero attached hydrogens (tertiary/aromatic N) is 1. The maximum absolute atomic E-state index is 11.3. The zero-order valence-corrected chi connectivity index (χ0v) is 8.78. The van der Waals surface area contributed by atoms with Gasteiger partial charge in [0.15, 0.2) is 6.10 Å². The first kappa shape index (κ1) is 10.2. The Morgan fingerprint density at radius 2 is 2.40 bits per heavy atom. The molecule has 0 amide bonds. The summed E-state index contributed by atoms with van der Waals surface area (Å²) in [6, 6.07) is 1.86. The van der Waals surface area contributed by atoms with Crippen molar-refractivity contribution < 1.29 is 14.6 Å². The van der Waals surface area contributed by atoms with Crippen LogP contribution in [-0.2, 0) is 14.9 Å². The van der Waals surface area contributed by atoms with Crippen LogP contribution in [0.1, 0.15) is 24.2 Å². The topological polar surface area (TPSA) is 75.2 Å². The van der Waals surface area contributed by atoms with Gasteiger partial charge in [0.1, 0.15) is 0 Å². The molecule has 15 heavy (non-hydrogen) atoms. The summed E-state index contributed by atoms with van der Waals surface area (Å²) in [6.45, 7) is 1.89.